The van der Waals surface area contributed by atoms with Gasteiger partial charge in [0.1, 0.15) is 5.60 Å². The first-order valence-electron chi connectivity index (χ1n) is 9.87. The lowest BCUT2D eigenvalue weighted by Gasteiger charge is -2.21. The molecule has 2 aromatic rings. The van der Waals surface area contributed by atoms with Crippen LogP contribution in [-0.4, -0.2) is 30.8 Å². The second kappa shape index (κ2) is 8.57. The van der Waals surface area contributed by atoms with Crippen LogP contribution in [-0.2, 0) is 4.74 Å². The maximum atomic E-state index is 12.1. The van der Waals surface area contributed by atoms with E-state index in [-0.39, 0.29) is 6.04 Å². The molecule has 1 saturated heterocycles. The fourth-order valence-corrected chi connectivity index (χ4v) is 3.24. The summed E-state index contributed by atoms with van der Waals surface area (Å²) in [5, 5.41) is 6.08. The lowest BCUT2D eigenvalue weighted by atomic mass is 10.1. The van der Waals surface area contributed by atoms with E-state index in [4.69, 9.17) is 10.5 Å². The van der Waals surface area contributed by atoms with E-state index in [9.17, 15) is 4.79 Å². The van der Waals surface area contributed by atoms with Gasteiger partial charge in [-0.3, -0.25) is 5.32 Å². The molecular weight excluding hydrogens is 364 g/mol. The van der Waals surface area contributed by atoms with E-state index in [2.05, 4.69) is 34.2 Å². The van der Waals surface area contributed by atoms with E-state index in [1.54, 1.807) is 0 Å². The first kappa shape index (κ1) is 20.7. The quantitative estimate of drug-likeness (QED) is 0.688. The van der Waals surface area contributed by atoms with Crippen molar-refractivity contribution in [2.45, 2.75) is 38.8 Å². The Bertz CT molecular complexity index is 871. The highest BCUT2D eigenvalue weighted by molar-refractivity contribution is 5.92. The van der Waals surface area contributed by atoms with Gasteiger partial charge in [0.2, 0.25) is 0 Å². The molecule has 4 N–H and O–H groups in total. The number of rotatable bonds is 5. The number of carbonyl (C=O) groups excluding carboxylic acids is 1. The predicted molar refractivity (Wildman–Crippen MR) is 120 cm³/mol. The molecule has 1 aliphatic rings. The number of anilines is 3. The molecule has 1 fully saturated rings. The summed E-state index contributed by atoms with van der Waals surface area (Å²) in [6.45, 7) is 11.5. The van der Waals surface area contributed by atoms with E-state index < -0.39 is 11.7 Å². The minimum atomic E-state index is -0.558. The third-order valence-corrected chi connectivity index (χ3v) is 4.65. The monoisotopic (exact) mass is 394 g/mol. The highest BCUT2D eigenvalue weighted by Crippen LogP contribution is 2.27. The second-order valence-electron chi connectivity index (χ2n) is 8.32. The molecule has 3 rings (SSSR count). The van der Waals surface area contributed by atoms with Crippen LogP contribution in [0.3, 0.4) is 0 Å². The molecule has 0 radical (unpaired) electrons. The van der Waals surface area contributed by atoms with Crippen LogP contribution in [0.2, 0.25) is 0 Å². The number of para-hydroxylation sites is 2. The van der Waals surface area contributed by atoms with Crippen molar-refractivity contribution in [3.63, 3.8) is 0 Å². The summed E-state index contributed by atoms with van der Waals surface area (Å²) in [5.41, 5.74) is 9.71. The molecule has 2 aromatic carbocycles. The van der Waals surface area contributed by atoms with Gasteiger partial charge in [-0.05, 0) is 57.0 Å². The molecular formula is C23H30N4O2. The third-order valence-electron chi connectivity index (χ3n) is 4.65. The van der Waals surface area contributed by atoms with Crippen LogP contribution in [0.25, 0.3) is 5.70 Å². The summed E-state index contributed by atoms with van der Waals surface area (Å²) in [4.78, 5) is 14.4. The molecule has 0 unspecified atom stereocenters. The van der Waals surface area contributed by atoms with Crippen LogP contribution < -0.4 is 21.3 Å². The molecule has 29 heavy (non-hydrogen) atoms. The Morgan fingerprint density at radius 1 is 1.10 bits per heavy atom. The molecule has 0 spiro atoms. The SMILES string of the molecule is C=C(Nc1ccccc1NC(=O)OC(C)(C)C)c1ccc(N2CC[C@H](N)C2)cc1. The van der Waals surface area contributed by atoms with Crippen molar-refractivity contribution in [2.24, 2.45) is 5.73 Å². The molecule has 0 aliphatic carbocycles. The average Bonchev–Trinajstić information content (AvgIpc) is 3.08. The van der Waals surface area contributed by atoms with E-state index in [0.29, 0.717) is 5.69 Å². The summed E-state index contributed by atoms with van der Waals surface area (Å²) in [6, 6.07) is 16.0. The van der Waals surface area contributed by atoms with Gasteiger partial charge in [0, 0.05) is 30.5 Å². The number of nitrogens with zero attached hydrogens (tertiary/aromatic N) is 1. The second-order valence-corrected chi connectivity index (χ2v) is 8.32. The number of hydrogen-bond acceptors (Lipinski definition) is 5. The van der Waals surface area contributed by atoms with Gasteiger partial charge < -0.3 is 20.7 Å². The van der Waals surface area contributed by atoms with E-state index in [0.717, 1.165) is 36.5 Å². The van der Waals surface area contributed by atoms with E-state index >= 15 is 0 Å². The van der Waals surface area contributed by atoms with Gasteiger partial charge in [-0.2, -0.15) is 0 Å². The Morgan fingerprint density at radius 3 is 2.28 bits per heavy atom. The number of nitrogens with two attached hydrogens (primary N) is 1. The minimum absolute atomic E-state index is 0.250. The third kappa shape index (κ3) is 5.74. The van der Waals surface area contributed by atoms with E-state index in [1.807, 2.05) is 57.2 Å². The Balaban J connectivity index is 1.67. The normalized spacial score (nSPS) is 16.4. The zero-order valence-electron chi connectivity index (χ0n) is 17.4. The highest BCUT2D eigenvalue weighted by Gasteiger charge is 2.19. The number of ether oxygens (including phenoxy) is 1. The molecule has 154 valence electrons. The number of carbonyl (C=O) groups is 1. The van der Waals surface area contributed by atoms with Gasteiger partial charge in [0.05, 0.1) is 11.4 Å². The summed E-state index contributed by atoms with van der Waals surface area (Å²) in [5.74, 6) is 0. The number of nitrogens with one attached hydrogen (secondary N) is 2. The van der Waals surface area contributed by atoms with Crippen molar-refractivity contribution in [1.82, 2.24) is 0 Å². The van der Waals surface area contributed by atoms with Crippen molar-refractivity contribution < 1.29 is 9.53 Å². The van der Waals surface area contributed by atoms with Crippen molar-refractivity contribution in [3.8, 4) is 0 Å². The molecule has 1 heterocycles. The highest BCUT2D eigenvalue weighted by atomic mass is 16.6. The summed E-state index contributed by atoms with van der Waals surface area (Å²) in [7, 11) is 0. The largest absolute Gasteiger partial charge is 0.444 e. The lowest BCUT2D eigenvalue weighted by Crippen LogP contribution is -2.27. The zero-order valence-corrected chi connectivity index (χ0v) is 17.4. The predicted octanol–water partition coefficient (Wildman–Crippen LogP) is 4.65. The molecule has 6 heteroatoms. The lowest BCUT2D eigenvalue weighted by molar-refractivity contribution is 0.0636. The van der Waals surface area contributed by atoms with Crippen LogP contribution in [0.4, 0.5) is 21.9 Å². The molecule has 0 bridgehead atoms. The Hall–Kier alpha value is -2.99. The summed E-state index contributed by atoms with van der Waals surface area (Å²) >= 11 is 0. The minimum Gasteiger partial charge on any atom is -0.444 e. The number of amides is 1. The van der Waals surface area contributed by atoms with Crippen molar-refractivity contribution >= 4 is 28.9 Å². The van der Waals surface area contributed by atoms with Gasteiger partial charge in [0.25, 0.3) is 0 Å². The number of benzene rings is 2. The zero-order chi connectivity index (χ0) is 21.0. The van der Waals surface area contributed by atoms with Gasteiger partial charge in [0.15, 0.2) is 0 Å². The van der Waals surface area contributed by atoms with E-state index in [1.165, 1.54) is 5.69 Å². The first-order chi connectivity index (χ1) is 13.7. The van der Waals surface area contributed by atoms with Crippen molar-refractivity contribution in [2.75, 3.05) is 28.6 Å². The van der Waals surface area contributed by atoms with Crippen LogP contribution >= 0.6 is 0 Å². The van der Waals surface area contributed by atoms with Crippen LogP contribution in [0.15, 0.2) is 55.1 Å². The molecule has 1 atom stereocenters. The Labute approximate surface area is 172 Å². The number of hydrogen-bond donors (Lipinski definition) is 3. The molecule has 1 aliphatic heterocycles. The average molecular weight is 395 g/mol. The van der Waals surface area contributed by atoms with Crippen LogP contribution in [0, 0.1) is 0 Å². The summed E-state index contributed by atoms with van der Waals surface area (Å²) in [6.07, 6.45) is 0.530. The Morgan fingerprint density at radius 2 is 1.72 bits per heavy atom. The van der Waals surface area contributed by atoms with Crippen molar-refractivity contribution in [1.29, 1.82) is 0 Å². The van der Waals surface area contributed by atoms with Crippen LogP contribution in [0.1, 0.15) is 32.8 Å². The van der Waals surface area contributed by atoms with Gasteiger partial charge in [-0.25, -0.2) is 4.79 Å². The Kier molecular flexibility index (Phi) is 6.13. The fraction of sp³-hybridized carbons (Fsp3) is 0.348. The smallest absolute Gasteiger partial charge is 0.412 e. The van der Waals surface area contributed by atoms with Crippen LogP contribution in [0.5, 0.6) is 0 Å². The topological polar surface area (TPSA) is 79.6 Å². The fourth-order valence-electron chi connectivity index (χ4n) is 3.24. The van der Waals surface area contributed by atoms with Crippen molar-refractivity contribution in [3.05, 3.63) is 60.7 Å². The summed E-state index contributed by atoms with van der Waals surface area (Å²) < 4.78 is 5.34. The van der Waals surface area contributed by atoms with Gasteiger partial charge in [-0.1, -0.05) is 30.8 Å². The van der Waals surface area contributed by atoms with Gasteiger partial charge >= 0.3 is 6.09 Å². The first-order valence-corrected chi connectivity index (χ1v) is 9.87. The van der Waals surface area contributed by atoms with Gasteiger partial charge in [-0.15, -0.1) is 0 Å². The molecule has 6 nitrogen and oxygen atoms in total. The maximum absolute atomic E-state index is 12.1. The molecule has 0 saturated carbocycles. The molecule has 1 amide bonds. The maximum Gasteiger partial charge on any atom is 0.412 e. The standard InChI is InChI=1S/C23H30N4O2/c1-16(17-9-11-19(12-10-17)27-14-13-18(24)15-27)25-20-7-5-6-8-21(20)26-22(28)29-23(2,3)4/h5-12,18,25H,1,13-15,24H2,2-4H3,(H,26,28)/t18-/m0/s1. The molecule has 0 aromatic heterocycles.